The number of benzene rings is 8. The van der Waals surface area contributed by atoms with Crippen molar-refractivity contribution in [3.05, 3.63) is 194 Å². The van der Waals surface area contributed by atoms with E-state index in [0.717, 1.165) is 28.4 Å². The molecule has 242 valence electrons. The number of nitrogens with zero attached hydrogens (tertiary/aromatic N) is 3. The molecule has 0 bridgehead atoms. The van der Waals surface area contributed by atoms with Crippen LogP contribution in [0.2, 0.25) is 0 Å². The van der Waals surface area contributed by atoms with E-state index in [2.05, 4.69) is 209 Å². The third-order valence-electron chi connectivity index (χ3n) is 10.9. The summed E-state index contributed by atoms with van der Waals surface area (Å²) in [5.74, 6) is 0. The van der Waals surface area contributed by atoms with Gasteiger partial charge in [-0.05, 0) is 111 Å². The minimum atomic E-state index is 0.0330. The van der Waals surface area contributed by atoms with Gasteiger partial charge in [0.1, 0.15) is 0 Å². The van der Waals surface area contributed by atoms with Gasteiger partial charge in [0.15, 0.2) is 0 Å². The summed E-state index contributed by atoms with van der Waals surface area (Å²) < 4.78 is 0. The lowest BCUT2D eigenvalue weighted by molar-refractivity contribution is 1.23. The Morgan fingerprint density at radius 2 is 0.692 bits per heavy atom. The van der Waals surface area contributed by atoms with Crippen LogP contribution in [0.3, 0.4) is 0 Å². The lowest BCUT2D eigenvalue weighted by atomic mass is 9.32. The molecule has 11 rings (SSSR count). The number of fused-ring (bicyclic) bond motifs is 3. The van der Waals surface area contributed by atoms with E-state index in [1.165, 1.54) is 61.4 Å². The maximum absolute atomic E-state index is 2.51. The summed E-state index contributed by atoms with van der Waals surface area (Å²) in [5, 5.41) is 0. The third kappa shape index (κ3) is 4.15. The first-order valence-corrected chi connectivity index (χ1v) is 18.0. The second-order valence-electron chi connectivity index (χ2n) is 13.7. The van der Waals surface area contributed by atoms with E-state index in [-0.39, 0.29) is 6.71 Å². The van der Waals surface area contributed by atoms with Gasteiger partial charge in [0, 0.05) is 45.5 Å². The van der Waals surface area contributed by atoms with E-state index < -0.39 is 0 Å². The van der Waals surface area contributed by atoms with Gasteiger partial charge in [0.2, 0.25) is 0 Å². The van der Waals surface area contributed by atoms with Crippen LogP contribution in [0.4, 0.5) is 51.2 Å². The number of rotatable bonds is 5. The molecule has 0 saturated carbocycles. The van der Waals surface area contributed by atoms with Crippen LogP contribution < -0.4 is 31.1 Å². The number of hydrogen-bond donors (Lipinski definition) is 0. The Labute approximate surface area is 304 Å². The molecule has 3 heterocycles. The first-order valence-electron chi connectivity index (χ1n) is 18.0. The summed E-state index contributed by atoms with van der Waals surface area (Å²) in [6.07, 6.45) is 0. The Hall–Kier alpha value is -6.78. The summed E-state index contributed by atoms with van der Waals surface area (Å²) in [5.41, 5.74) is 19.6. The van der Waals surface area contributed by atoms with Crippen LogP contribution in [-0.2, 0) is 0 Å². The molecule has 0 fully saturated rings. The monoisotopic (exact) mass is 661 g/mol. The maximum atomic E-state index is 2.51. The predicted octanol–water partition coefficient (Wildman–Crippen LogP) is 10.9. The summed E-state index contributed by atoms with van der Waals surface area (Å²) in [4.78, 5) is 7.41. The molecule has 0 atom stereocenters. The number of anilines is 9. The van der Waals surface area contributed by atoms with Crippen molar-refractivity contribution < 1.29 is 0 Å². The first kappa shape index (κ1) is 29.0. The van der Waals surface area contributed by atoms with Gasteiger partial charge < -0.3 is 14.7 Å². The summed E-state index contributed by atoms with van der Waals surface area (Å²) in [7, 11) is 0. The molecular formula is C48H32BN3. The van der Waals surface area contributed by atoms with Crippen molar-refractivity contribution in [3.8, 4) is 22.3 Å². The standard InChI is InChI=1S/C48H32BN3/c1-5-17-33(18-6-1)50(34-19-7-2-8-20-34)37-31-44-48-45(32-37)52(36-23-11-4-12-24-36)43-30-16-28-41-39-26-14-13-25-38(39)40-27-15-29-42(46(40)49(48)47(41)43)51(44)35-21-9-3-10-22-35/h1-32H. The van der Waals surface area contributed by atoms with E-state index in [0.29, 0.717) is 0 Å². The largest absolute Gasteiger partial charge is 0.311 e. The zero-order chi connectivity index (χ0) is 34.2. The van der Waals surface area contributed by atoms with E-state index in [4.69, 9.17) is 0 Å². The molecule has 0 N–H and O–H groups in total. The SMILES string of the molecule is c1ccc(N(c2ccccc2)c2cc3c4c(c2)N(c2ccccc2)c2cccc5c2B4c2c(cccc2N3c2ccccc2)-c2ccccc2-5)cc1. The molecule has 0 unspecified atom stereocenters. The molecule has 0 radical (unpaired) electrons. The molecule has 3 aliphatic heterocycles. The molecule has 52 heavy (non-hydrogen) atoms. The minimum absolute atomic E-state index is 0.0330. The molecule has 8 aromatic carbocycles. The molecule has 4 heteroatoms. The highest BCUT2D eigenvalue weighted by Crippen LogP contribution is 2.50. The van der Waals surface area contributed by atoms with Crippen molar-refractivity contribution in [2.24, 2.45) is 0 Å². The van der Waals surface area contributed by atoms with Crippen molar-refractivity contribution in [2.75, 3.05) is 14.7 Å². The smallest absolute Gasteiger partial charge is 0.253 e. The number of hydrogen-bond acceptors (Lipinski definition) is 3. The van der Waals surface area contributed by atoms with Crippen molar-refractivity contribution >= 4 is 74.3 Å². The fourth-order valence-electron chi connectivity index (χ4n) is 8.93. The lowest BCUT2D eigenvalue weighted by Crippen LogP contribution is -2.62. The molecule has 0 amide bonds. The summed E-state index contributed by atoms with van der Waals surface area (Å²) >= 11 is 0. The second-order valence-corrected chi connectivity index (χ2v) is 13.7. The average molecular weight is 662 g/mol. The van der Waals surface area contributed by atoms with Gasteiger partial charge >= 0.3 is 0 Å². The quantitative estimate of drug-likeness (QED) is 0.170. The lowest BCUT2D eigenvalue weighted by Gasteiger charge is -2.45. The highest BCUT2D eigenvalue weighted by molar-refractivity contribution is 7.02. The van der Waals surface area contributed by atoms with Gasteiger partial charge in [-0.2, -0.15) is 0 Å². The molecule has 3 nitrogen and oxygen atoms in total. The summed E-state index contributed by atoms with van der Waals surface area (Å²) in [6.45, 7) is 0.0330. The highest BCUT2D eigenvalue weighted by atomic mass is 15.2. The summed E-state index contributed by atoms with van der Waals surface area (Å²) in [6, 6.07) is 70.9. The molecule has 0 aliphatic carbocycles. The van der Waals surface area contributed by atoms with Gasteiger partial charge in [-0.25, -0.2) is 0 Å². The number of para-hydroxylation sites is 4. The highest BCUT2D eigenvalue weighted by Gasteiger charge is 2.47. The van der Waals surface area contributed by atoms with Crippen LogP contribution in [0.1, 0.15) is 0 Å². The first-order chi connectivity index (χ1) is 25.8. The van der Waals surface area contributed by atoms with Gasteiger partial charge in [-0.3, -0.25) is 0 Å². The maximum Gasteiger partial charge on any atom is 0.253 e. The Balaban J connectivity index is 1.32. The molecular weight excluding hydrogens is 629 g/mol. The van der Waals surface area contributed by atoms with Crippen LogP contribution in [-0.4, -0.2) is 6.71 Å². The van der Waals surface area contributed by atoms with Crippen LogP contribution in [0, 0.1) is 0 Å². The second kappa shape index (κ2) is 11.4. The fraction of sp³-hybridized carbons (Fsp3) is 0. The normalized spacial score (nSPS) is 12.9. The molecule has 8 aromatic rings. The average Bonchev–Trinajstić information content (AvgIpc) is 3.34. The van der Waals surface area contributed by atoms with Crippen LogP contribution in [0.15, 0.2) is 194 Å². The van der Waals surface area contributed by atoms with Crippen molar-refractivity contribution in [3.63, 3.8) is 0 Å². The van der Waals surface area contributed by atoms with Crippen LogP contribution in [0.25, 0.3) is 22.3 Å². The third-order valence-corrected chi connectivity index (χ3v) is 10.9. The van der Waals surface area contributed by atoms with Crippen molar-refractivity contribution in [1.29, 1.82) is 0 Å². The predicted molar refractivity (Wildman–Crippen MR) is 220 cm³/mol. The molecule has 0 saturated heterocycles. The van der Waals surface area contributed by atoms with Crippen LogP contribution >= 0.6 is 0 Å². The van der Waals surface area contributed by atoms with Crippen molar-refractivity contribution in [2.45, 2.75) is 0 Å². The molecule has 0 aromatic heterocycles. The van der Waals surface area contributed by atoms with E-state index >= 15 is 0 Å². The van der Waals surface area contributed by atoms with E-state index in [9.17, 15) is 0 Å². The van der Waals surface area contributed by atoms with E-state index in [1.54, 1.807) is 0 Å². The van der Waals surface area contributed by atoms with Crippen molar-refractivity contribution in [1.82, 2.24) is 0 Å². The Kier molecular flexibility index (Phi) is 6.35. The van der Waals surface area contributed by atoms with Gasteiger partial charge in [0.25, 0.3) is 6.71 Å². The van der Waals surface area contributed by atoms with E-state index in [1.807, 2.05) is 0 Å². The topological polar surface area (TPSA) is 9.72 Å². The van der Waals surface area contributed by atoms with Gasteiger partial charge in [-0.1, -0.05) is 121 Å². The van der Waals surface area contributed by atoms with Gasteiger partial charge in [0.05, 0.1) is 5.69 Å². The zero-order valence-electron chi connectivity index (χ0n) is 28.4. The fourth-order valence-corrected chi connectivity index (χ4v) is 8.93. The zero-order valence-corrected chi connectivity index (χ0v) is 28.4. The minimum Gasteiger partial charge on any atom is -0.311 e. The van der Waals surface area contributed by atoms with Crippen LogP contribution in [0.5, 0.6) is 0 Å². The Morgan fingerprint density at radius 1 is 0.308 bits per heavy atom. The Bertz CT molecular complexity index is 2460. The molecule has 3 aliphatic rings. The molecule has 0 spiro atoms. The van der Waals surface area contributed by atoms with Gasteiger partial charge in [-0.15, -0.1) is 0 Å². The Morgan fingerprint density at radius 3 is 1.13 bits per heavy atom.